The number of aryl methyl sites for hydroxylation is 1. The highest BCUT2D eigenvalue weighted by atomic mass is 16.2. The number of rotatable bonds is 5. The predicted octanol–water partition coefficient (Wildman–Crippen LogP) is 4.21. The van der Waals surface area contributed by atoms with Gasteiger partial charge in [0, 0.05) is 25.0 Å². The standard InChI is InChI=1S/C24H28N4O/c1-17-5-4-6-18(15-17)16-28-22-8-3-2-7-21(22)26-24(28)25-20-11-13-27(14-12-20)23(29)19-9-10-19/h2-8,15,19-20H,9-14,16H2,1H3,(H,25,26). The summed E-state index contributed by atoms with van der Waals surface area (Å²) >= 11 is 0. The number of fused-ring (bicyclic) bond motifs is 1. The van der Waals surface area contributed by atoms with Gasteiger partial charge in [0.25, 0.3) is 0 Å². The summed E-state index contributed by atoms with van der Waals surface area (Å²) in [5.74, 6) is 1.62. The van der Waals surface area contributed by atoms with Crippen molar-refractivity contribution in [3.8, 4) is 0 Å². The number of imidazole rings is 1. The lowest BCUT2D eigenvalue weighted by molar-refractivity contribution is -0.133. The molecule has 2 heterocycles. The van der Waals surface area contributed by atoms with Crippen molar-refractivity contribution < 1.29 is 4.79 Å². The molecule has 1 saturated heterocycles. The van der Waals surface area contributed by atoms with Crippen molar-refractivity contribution in [1.29, 1.82) is 0 Å². The fourth-order valence-corrected chi connectivity index (χ4v) is 4.35. The topological polar surface area (TPSA) is 50.2 Å². The molecule has 1 N–H and O–H groups in total. The van der Waals surface area contributed by atoms with Crippen molar-refractivity contribution in [3.05, 3.63) is 59.7 Å². The first-order valence-corrected chi connectivity index (χ1v) is 10.7. The van der Waals surface area contributed by atoms with E-state index in [0.29, 0.717) is 17.9 Å². The number of hydrogen-bond donors (Lipinski definition) is 1. The molecule has 2 aliphatic rings. The van der Waals surface area contributed by atoms with Gasteiger partial charge in [0.15, 0.2) is 0 Å². The number of likely N-dealkylation sites (tertiary alicyclic amines) is 1. The molecule has 1 aliphatic heterocycles. The summed E-state index contributed by atoms with van der Waals surface area (Å²) in [6, 6.07) is 17.3. The van der Waals surface area contributed by atoms with Crippen LogP contribution in [0.2, 0.25) is 0 Å². The number of aromatic nitrogens is 2. The highest BCUT2D eigenvalue weighted by Crippen LogP contribution is 2.32. The lowest BCUT2D eigenvalue weighted by Gasteiger charge is -2.32. The Kier molecular flexibility index (Phi) is 4.74. The van der Waals surface area contributed by atoms with Crippen molar-refractivity contribution in [2.45, 2.75) is 45.2 Å². The Labute approximate surface area is 171 Å². The predicted molar refractivity (Wildman–Crippen MR) is 116 cm³/mol. The molecule has 2 aromatic carbocycles. The molecule has 1 saturated carbocycles. The van der Waals surface area contributed by atoms with E-state index in [-0.39, 0.29) is 0 Å². The normalized spacial score (nSPS) is 17.6. The maximum absolute atomic E-state index is 12.3. The SMILES string of the molecule is Cc1cccc(Cn2c(NC3CCN(C(=O)C4CC4)CC3)nc3ccccc32)c1. The van der Waals surface area contributed by atoms with Crippen molar-refractivity contribution in [3.63, 3.8) is 0 Å². The number of benzene rings is 2. The molecule has 0 bridgehead atoms. The molecule has 0 radical (unpaired) electrons. The zero-order valence-corrected chi connectivity index (χ0v) is 17.0. The average molecular weight is 389 g/mol. The maximum Gasteiger partial charge on any atom is 0.225 e. The zero-order chi connectivity index (χ0) is 19.8. The Morgan fingerprint density at radius 1 is 1.07 bits per heavy atom. The minimum absolute atomic E-state index is 0.318. The third-order valence-corrected chi connectivity index (χ3v) is 6.14. The second kappa shape index (κ2) is 7.54. The average Bonchev–Trinajstić information content (AvgIpc) is 3.53. The molecule has 0 atom stereocenters. The van der Waals surface area contributed by atoms with Gasteiger partial charge in [-0.05, 0) is 50.3 Å². The van der Waals surface area contributed by atoms with Crippen LogP contribution >= 0.6 is 0 Å². The number of piperidine rings is 1. The number of carbonyl (C=O) groups is 1. The van der Waals surface area contributed by atoms with Crippen LogP contribution in [0.15, 0.2) is 48.5 Å². The number of amides is 1. The van der Waals surface area contributed by atoms with Crippen molar-refractivity contribution in [2.75, 3.05) is 18.4 Å². The molecule has 2 fully saturated rings. The van der Waals surface area contributed by atoms with Gasteiger partial charge in [-0.1, -0.05) is 42.0 Å². The molecule has 150 valence electrons. The zero-order valence-electron chi connectivity index (χ0n) is 17.0. The number of carbonyl (C=O) groups excluding carboxylic acids is 1. The van der Waals surface area contributed by atoms with E-state index >= 15 is 0 Å². The van der Waals surface area contributed by atoms with Gasteiger partial charge in [-0.2, -0.15) is 0 Å². The van der Waals surface area contributed by atoms with Crippen LogP contribution in [0.3, 0.4) is 0 Å². The number of anilines is 1. The lowest BCUT2D eigenvalue weighted by atomic mass is 10.0. The number of nitrogens with zero attached hydrogens (tertiary/aromatic N) is 3. The van der Waals surface area contributed by atoms with Crippen LogP contribution in [0.4, 0.5) is 5.95 Å². The van der Waals surface area contributed by atoms with Gasteiger partial charge in [0.1, 0.15) is 0 Å². The molecule has 1 amide bonds. The number of hydrogen-bond acceptors (Lipinski definition) is 3. The van der Waals surface area contributed by atoms with Gasteiger partial charge in [-0.15, -0.1) is 0 Å². The second-order valence-corrected chi connectivity index (χ2v) is 8.52. The summed E-state index contributed by atoms with van der Waals surface area (Å²) < 4.78 is 2.28. The van der Waals surface area contributed by atoms with Crippen LogP contribution in [0.25, 0.3) is 11.0 Å². The summed E-state index contributed by atoms with van der Waals surface area (Å²) in [6.45, 7) is 4.63. The quantitative estimate of drug-likeness (QED) is 0.712. The van der Waals surface area contributed by atoms with Crippen LogP contribution in [-0.4, -0.2) is 39.5 Å². The third kappa shape index (κ3) is 3.86. The summed E-state index contributed by atoms with van der Waals surface area (Å²) in [5.41, 5.74) is 4.72. The van der Waals surface area contributed by atoms with E-state index in [1.807, 2.05) is 6.07 Å². The van der Waals surface area contributed by atoms with Gasteiger partial charge in [-0.25, -0.2) is 4.98 Å². The molecule has 1 aliphatic carbocycles. The number of para-hydroxylation sites is 2. The summed E-state index contributed by atoms with van der Waals surface area (Å²) in [4.78, 5) is 19.3. The molecular weight excluding hydrogens is 360 g/mol. The minimum atomic E-state index is 0.318. The molecule has 5 heteroatoms. The highest BCUT2D eigenvalue weighted by Gasteiger charge is 2.35. The van der Waals surface area contributed by atoms with Crippen LogP contribution in [-0.2, 0) is 11.3 Å². The number of nitrogens with one attached hydrogen (secondary N) is 1. The van der Waals surface area contributed by atoms with Gasteiger partial charge in [0.2, 0.25) is 11.9 Å². The summed E-state index contributed by atoms with van der Waals surface area (Å²) in [5, 5.41) is 3.69. The molecule has 0 spiro atoms. The molecule has 5 rings (SSSR count). The Morgan fingerprint density at radius 2 is 1.86 bits per heavy atom. The first-order chi connectivity index (χ1) is 14.2. The van der Waals surface area contributed by atoms with E-state index in [2.05, 4.69) is 64.2 Å². The van der Waals surface area contributed by atoms with Gasteiger partial charge in [0.05, 0.1) is 17.6 Å². The van der Waals surface area contributed by atoms with Gasteiger partial charge < -0.3 is 14.8 Å². The fourth-order valence-electron chi connectivity index (χ4n) is 4.35. The third-order valence-electron chi connectivity index (χ3n) is 6.14. The van der Waals surface area contributed by atoms with Crippen LogP contribution < -0.4 is 5.32 Å². The van der Waals surface area contributed by atoms with E-state index in [9.17, 15) is 4.79 Å². The van der Waals surface area contributed by atoms with Crippen LogP contribution in [0.1, 0.15) is 36.8 Å². The Balaban J connectivity index is 1.35. The van der Waals surface area contributed by atoms with Gasteiger partial charge >= 0.3 is 0 Å². The molecule has 3 aromatic rings. The lowest BCUT2D eigenvalue weighted by Crippen LogP contribution is -2.43. The molecule has 29 heavy (non-hydrogen) atoms. The Hall–Kier alpha value is -2.82. The first kappa shape index (κ1) is 18.2. The smallest absolute Gasteiger partial charge is 0.225 e. The van der Waals surface area contributed by atoms with Crippen LogP contribution in [0, 0.1) is 12.8 Å². The van der Waals surface area contributed by atoms with E-state index in [1.54, 1.807) is 0 Å². The largest absolute Gasteiger partial charge is 0.353 e. The van der Waals surface area contributed by atoms with E-state index in [4.69, 9.17) is 4.98 Å². The first-order valence-electron chi connectivity index (χ1n) is 10.7. The van der Waals surface area contributed by atoms with Crippen molar-refractivity contribution in [2.24, 2.45) is 5.92 Å². The van der Waals surface area contributed by atoms with Crippen molar-refractivity contribution >= 4 is 22.9 Å². The fraction of sp³-hybridized carbons (Fsp3) is 0.417. The van der Waals surface area contributed by atoms with E-state index in [1.165, 1.54) is 11.1 Å². The molecule has 0 unspecified atom stereocenters. The van der Waals surface area contributed by atoms with Crippen molar-refractivity contribution in [1.82, 2.24) is 14.5 Å². The van der Waals surface area contributed by atoms with Gasteiger partial charge in [-0.3, -0.25) is 4.79 Å². The molecule has 1 aromatic heterocycles. The van der Waals surface area contributed by atoms with E-state index in [0.717, 1.165) is 62.3 Å². The summed E-state index contributed by atoms with van der Waals surface area (Å²) in [7, 11) is 0. The second-order valence-electron chi connectivity index (χ2n) is 8.52. The minimum Gasteiger partial charge on any atom is -0.353 e. The molecule has 5 nitrogen and oxygen atoms in total. The molecular formula is C24H28N4O. The monoisotopic (exact) mass is 388 g/mol. The summed E-state index contributed by atoms with van der Waals surface area (Å²) in [6.07, 6.45) is 4.12. The van der Waals surface area contributed by atoms with Crippen LogP contribution in [0.5, 0.6) is 0 Å². The Morgan fingerprint density at radius 3 is 2.62 bits per heavy atom. The maximum atomic E-state index is 12.3. The highest BCUT2D eigenvalue weighted by molar-refractivity contribution is 5.81. The Bertz CT molecular complexity index is 1030. The van der Waals surface area contributed by atoms with E-state index < -0.39 is 0 Å².